The van der Waals surface area contributed by atoms with Gasteiger partial charge in [0, 0.05) is 41.8 Å². The lowest BCUT2D eigenvalue weighted by Gasteiger charge is -2.17. The number of rotatable bonds is 4. The van der Waals surface area contributed by atoms with E-state index in [1.54, 1.807) is 0 Å². The van der Waals surface area contributed by atoms with Crippen LogP contribution in [0.2, 0.25) is 5.02 Å². The highest BCUT2D eigenvalue weighted by Crippen LogP contribution is 2.23. The number of carbonyl (C=O) groups is 1. The molecule has 2 aromatic heterocycles. The summed E-state index contributed by atoms with van der Waals surface area (Å²) in [5.41, 5.74) is 1.72. The maximum atomic E-state index is 12.8. The number of nitrogens with zero attached hydrogens (tertiary/aromatic N) is 3. The first kappa shape index (κ1) is 16.7. The third-order valence-corrected chi connectivity index (χ3v) is 4.77. The number of hydrogen-bond acceptors (Lipinski definition) is 5. The Hall–Kier alpha value is -2.80. The summed E-state index contributed by atoms with van der Waals surface area (Å²) < 4.78 is 5.11. The number of anilines is 1. The number of aromatic amines is 1. The third kappa shape index (κ3) is 3.17. The summed E-state index contributed by atoms with van der Waals surface area (Å²) in [6, 6.07) is 7.76. The van der Waals surface area contributed by atoms with Gasteiger partial charge in [-0.25, -0.2) is 4.98 Å². The van der Waals surface area contributed by atoms with Crippen LogP contribution in [0.25, 0.3) is 10.9 Å². The summed E-state index contributed by atoms with van der Waals surface area (Å²) in [4.78, 5) is 26.1. The highest BCUT2D eigenvalue weighted by atomic mass is 35.5. The zero-order chi connectivity index (χ0) is 18.1. The fraction of sp³-hybridized carbons (Fsp3) is 0.278. The first-order chi connectivity index (χ1) is 12.6. The molecule has 4 rings (SSSR count). The van der Waals surface area contributed by atoms with Crippen molar-refractivity contribution in [3.05, 3.63) is 47.2 Å². The molecule has 0 spiro atoms. The van der Waals surface area contributed by atoms with Crippen molar-refractivity contribution >= 4 is 34.4 Å². The van der Waals surface area contributed by atoms with Crippen molar-refractivity contribution in [2.45, 2.75) is 12.5 Å². The Labute approximate surface area is 155 Å². The smallest absolute Gasteiger partial charge is 0.253 e. The SMILES string of the molecule is COc1nc(NC2CCN(C(=O)c3ccc4[nH]ccc4c3)C2)ncc1Cl. The van der Waals surface area contributed by atoms with Gasteiger partial charge in [-0.2, -0.15) is 4.98 Å². The van der Waals surface area contributed by atoms with Crippen LogP contribution in [-0.2, 0) is 0 Å². The molecule has 1 aromatic carbocycles. The van der Waals surface area contributed by atoms with Crippen molar-refractivity contribution in [1.82, 2.24) is 19.9 Å². The van der Waals surface area contributed by atoms with E-state index in [0.29, 0.717) is 35.5 Å². The second-order valence-corrected chi connectivity index (χ2v) is 6.62. The van der Waals surface area contributed by atoms with E-state index in [9.17, 15) is 4.79 Å². The van der Waals surface area contributed by atoms with E-state index in [-0.39, 0.29) is 11.9 Å². The maximum Gasteiger partial charge on any atom is 0.253 e. The third-order valence-electron chi connectivity index (χ3n) is 4.51. The molecule has 26 heavy (non-hydrogen) atoms. The molecule has 7 nitrogen and oxygen atoms in total. The molecule has 1 aliphatic heterocycles. The van der Waals surface area contributed by atoms with Crippen molar-refractivity contribution in [2.24, 2.45) is 0 Å². The number of nitrogens with one attached hydrogen (secondary N) is 2. The molecule has 3 heterocycles. The number of amides is 1. The normalized spacial score (nSPS) is 16.8. The second-order valence-electron chi connectivity index (χ2n) is 6.21. The predicted octanol–water partition coefficient (Wildman–Crippen LogP) is 2.95. The summed E-state index contributed by atoms with van der Waals surface area (Å²) in [5, 5.41) is 4.64. The van der Waals surface area contributed by atoms with Gasteiger partial charge in [-0.1, -0.05) is 11.6 Å². The van der Waals surface area contributed by atoms with Gasteiger partial charge in [0.05, 0.1) is 13.3 Å². The number of carbonyl (C=O) groups excluding carboxylic acids is 1. The largest absolute Gasteiger partial charge is 0.480 e. The van der Waals surface area contributed by atoms with E-state index < -0.39 is 0 Å². The molecule has 1 amide bonds. The number of methoxy groups -OCH3 is 1. The molecule has 0 aliphatic carbocycles. The topological polar surface area (TPSA) is 83.1 Å². The molecular formula is C18H18ClN5O2. The standard InChI is InChI=1S/C18H18ClN5O2/c1-26-16-14(19)9-21-18(23-16)22-13-5-7-24(10-13)17(25)12-2-3-15-11(8-12)4-6-20-15/h2-4,6,8-9,13,20H,5,7,10H2,1H3,(H,21,22,23). The van der Waals surface area contributed by atoms with Crippen molar-refractivity contribution in [2.75, 3.05) is 25.5 Å². The van der Waals surface area contributed by atoms with Gasteiger partial charge in [-0.3, -0.25) is 4.79 Å². The van der Waals surface area contributed by atoms with Gasteiger partial charge in [0.25, 0.3) is 5.91 Å². The number of aromatic nitrogens is 3. The average Bonchev–Trinajstić information content (AvgIpc) is 3.31. The van der Waals surface area contributed by atoms with Crippen LogP contribution in [0.1, 0.15) is 16.8 Å². The molecule has 0 saturated carbocycles. The van der Waals surface area contributed by atoms with Crippen molar-refractivity contribution < 1.29 is 9.53 Å². The van der Waals surface area contributed by atoms with Gasteiger partial charge in [0.2, 0.25) is 11.8 Å². The van der Waals surface area contributed by atoms with Crippen LogP contribution in [0.5, 0.6) is 5.88 Å². The minimum absolute atomic E-state index is 0.0343. The Bertz CT molecular complexity index is 958. The molecule has 0 radical (unpaired) electrons. The zero-order valence-electron chi connectivity index (χ0n) is 14.2. The number of H-pyrrole nitrogens is 1. The van der Waals surface area contributed by atoms with Gasteiger partial charge < -0.3 is 19.9 Å². The Kier molecular flexibility index (Phi) is 4.38. The predicted molar refractivity (Wildman–Crippen MR) is 99.8 cm³/mol. The number of ether oxygens (including phenoxy) is 1. The van der Waals surface area contributed by atoms with Crippen LogP contribution in [0.4, 0.5) is 5.95 Å². The molecular weight excluding hydrogens is 354 g/mol. The van der Waals surface area contributed by atoms with Crippen LogP contribution in [-0.4, -0.2) is 52.0 Å². The number of benzene rings is 1. The molecule has 3 aromatic rings. The molecule has 8 heteroatoms. The number of hydrogen-bond donors (Lipinski definition) is 2. The minimum atomic E-state index is 0.0343. The summed E-state index contributed by atoms with van der Waals surface area (Å²) >= 11 is 5.95. The number of fused-ring (bicyclic) bond motifs is 1. The Morgan fingerprint density at radius 3 is 3.15 bits per heavy atom. The van der Waals surface area contributed by atoms with Crippen molar-refractivity contribution in [3.8, 4) is 5.88 Å². The molecule has 1 fully saturated rings. The Morgan fingerprint density at radius 1 is 1.42 bits per heavy atom. The summed E-state index contributed by atoms with van der Waals surface area (Å²) in [6.45, 7) is 1.28. The van der Waals surface area contributed by atoms with E-state index in [4.69, 9.17) is 16.3 Å². The van der Waals surface area contributed by atoms with E-state index >= 15 is 0 Å². The maximum absolute atomic E-state index is 12.8. The van der Waals surface area contributed by atoms with E-state index in [0.717, 1.165) is 17.3 Å². The van der Waals surface area contributed by atoms with Gasteiger partial charge in [0.1, 0.15) is 5.02 Å². The molecule has 134 valence electrons. The minimum Gasteiger partial charge on any atom is -0.480 e. The monoisotopic (exact) mass is 371 g/mol. The lowest BCUT2D eigenvalue weighted by atomic mass is 10.1. The van der Waals surface area contributed by atoms with Crippen molar-refractivity contribution in [1.29, 1.82) is 0 Å². The average molecular weight is 372 g/mol. The first-order valence-electron chi connectivity index (χ1n) is 8.33. The van der Waals surface area contributed by atoms with E-state index in [1.165, 1.54) is 13.3 Å². The molecule has 0 bridgehead atoms. The van der Waals surface area contributed by atoms with Crippen LogP contribution in [0.3, 0.4) is 0 Å². The molecule has 2 N–H and O–H groups in total. The van der Waals surface area contributed by atoms with Gasteiger partial charge in [-0.15, -0.1) is 0 Å². The fourth-order valence-electron chi connectivity index (χ4n) is 3.18. The van der Waals surface area contributed by atoms with E-state index in [1.807, 2.05) is 35.4 Å². The summed E-state index contributed by atoms with van der Waals surface area (Å²) in [6.07, 6.45) is 4.20. The van der Waals surface area contributed by atoms with Crippen molar-refractivity contribution in [3.63, 3.8) is 0 Å². The van der Waals surface area contributed by atoms with Crippen LogP contribution in [0.15, 0.2) is 36.7 Å². The molecule has 1 unspecified atom stereocenters. The lowest BCUT2D eigenvalue weighted by Crippen LogP contribution is -2.31. The molecule has 1 saturated heterocycles. The quantitative estimate of drug-likeness (QED) is 0.736. The fourth-order valence-corrected chi connectivity index (χ4v) is 3.35. The van der Waals surface area contributed by atoms with Crippen LogP contribution in [0, 0.1) is 0 Å². The molecule has 1 atom stereocenters. The van der Waals surface area contributed by atoms with Gasteiger partial charge >= 0.3 is 0 Å². The number of halogens is 1. The zero-order valence-corrected chi connectivity index (χ0v) is 15.0. The highest BCUT2D eigenvalue weighted by Gasteiger charge is 2.27. The summed E-state index contributed by atoms with van der Waals surface area (Å²) in [7, 11) is 1.51. The number of likely N-dealkylation sites (tertiary alicyclic amines) is 1. The van der Waals surface area contributed by atoms with Crippen LogP contribution >= 0.6 is 11.6 Å². The lowest BCUT2D eigenvalue weighted by molar-refractivity contribution is 0.0791. The second kappa shape index (κ2) is 6.84. The molecule has 1 aliphatic rings. The van der Waals surface area contributed by atoms with Gasteiger partial charge in [-0.05, 0) is 30.7 Å². The van der Waals surface area contributed by atoms with Gasteiger partial charge in [0.15, 0.2) is 0 Å². The highest BCUT2D eigenvalue weighted by molar-refractivity contribution is 6.31. The first-order valence-corrected chi connectivity index (χ1v) is 8.71. The van der Waals surface area contributed by atoms with Crippen LogP contribution < -0.4 is 10.1 Å². The Balaban J connectivity index is 1.43. The Morgan fingerprint density at radius 2 is 2.31 bits per heavy atom. The summed E-state index contributed by atoms with van der Waals surface area (Å²) in [5.74, 6) is 0.807. The van der Waals surface area contributed by atoms with E-state index in [2.05, 4.69) is 20.3 Å².